The molecule has 1 N–H and O–H groups in total. The second kappa shape index (κ2) is 14.7. The molecule has 2 heteroatoms. The van der Waals surface area contributed by atoms with Gasteiger partial charge in [0.15, 0.2) is 0 Å². The molecule has 2 nitrogen and oxygen atoms in total. The van der Waals surface area contributed by atoms with E-state index in [1.54, 1.807) is 7.11 Å². The van der Waals surface area contributed by atoms with Gasteiger partial charge in [-0.1, -0.05) is 84.3 Å². The highest BCUT2D eigenvalue weighted by atomic mass is 16.5. The number of benzene rings is 1. The molecule has 0 aliphatic carbocycles. The van der Waals surface area contributed by atoms with Crippen LogP contribution in [0.25, 0.3) is 0 Å². The Bertz CT molecular complexity index is 714. The molecule has 184 valence electrons. The fraction of sp³-hybridized carbons (Fsp3) is 0.733. The van der Waals surface area contributed by atoms with E-state index in [2.05, 4.69) is 40.7 Å². The van der Waals surface area contributed by atoms with Gasteiger partial charge in [0, 0.05) is 5.56 Å². The number of ether oxygens (including phenoxy) is 1. The minimum absolute atomic E-state index is 0.410. The smallest absolute Gasteiger partial charge is 0.126 e. The first-order chi connectivity index (χ1) is 15.1. The summed E-state index contributed by atoms with van der Waals surface area (Å²) in [6, 6.07) is 0. The first-order valence-corrected chi connectivity index (χ1v) is 13.1. The van der Waals surface area contributed by atoms with Crippen molar-refractivity contribution in [3.63, 3.8) is 0 Å². The van der Waals surface area contributed by atoms with Gasteiger partial charge in [-0.05, 0) is 81.4 Å². The van der Waals surface area contributed by atoms with Gasteiger partial charge in [0.1, 0.15) is 11.5 Å². The molecule has 0 heterocycles. The van der Waals surface area contributed by atoms with Crippen molar-refractivity contribution in [2.24, 2.45) is 17.8 Å². The van der Waals surface area contributed by atoms with Crippen molar-refractivity contribution >= 4 is 0 Å². The van der Waals surface area contributed by atoms with Crippen molar-refractivity contribution in [2.75, 3.05) is 7.11 Å². The Labute approximate surface area is 199 Å². The van der Waals surface area contributed by atoms with E-state index in [1.807, 2.05) is 20.8 Å². The van der Waals surface area contributed by atoms with Gasteiger partial charge in [-0.15, -0.1) is 0 Å². The maximum Gasteiger partial charge on any atom is 0.126 e. The summed E-state index contributed by atoms with van der Waals surface area (Å²) in [6.07, 6.45) is 15.2. The van der Waals surface area contributed by atoms with E-state index < -0.39 is 0 Å². The van der Waals surface area contributed by atoms with E-state index in [-0.39, 0.29) is 0 Å². The standard InChI is InChI=1S/C30H52O2/c1-21(2)13-10-14-22(3)15-11-16-23(4)17-12-18-24(5)19-20-28-27(8)29(31)25(6)26(7)30(28)32-9/h19,21-23,31H,10-18,20H2,1-9H3. The third kappa shape index (κ3) is 9.59. The molecule has 0 aliphatic rings. The molecule has 0 aromatic heterocycles. The van der Waals surface area contributed by atoms with E-state index in [0.29, 0.717) is 5.75 Å². The molecule has 0 bridgehead atoms. The lowest BCUT2D eigenvalue weighted by Crippen LogP contribution is -2.01. The molecule has 0 spiro atoms. The highest BCUT2D eigenvalue weighted by molar-refractivity contribution is 5.57. The average Bonchev–Trinajstić information content (AvgIpc) is 2.73. The minimum Gasteiger partial charge on any atom is -0.507 e. The van der Waals surface area contributed by atoms with Crippen LogP contribution in [0.5, 0.6) is 11.5 Å². The number of methoxy groups -OCH3 is 1. The molecule has 0 saturated heterocycles. The molecule has 0 amide bonds. The Hall–Kier alpha value is -1.44. The molecule has 2 atom stereocenters. The van der Waals surface area contributed by atoms with Gasteiger partial charge in [0.05, 0.1) is 7.11 Å². The van der Waals surface area contributed by atoms with E-state index in [1.165, 1.54) is 56.9 Å². The molecule has 1 aromatic rings. The predicted octanol–water partition coefficient (Wildman–Crippen LogP) is 9.25. The first kappa shape index (κ1) is 28.6. The van der Waals surface area contributed by atoms with Gasteiger partial charge in [-0.3, -0.25) is 0 Å². The van der Waals surface area contributed by atoms with E-state index >= 15 is 0 Å². The van der Waals surface area contributed by atoms with Crippen LogP contribution in [0.15, 0.2) is 11.6 Å². The lowest BCUT2D eigenvalue weighted by molar-refractivity contribution is 0.389. The zero-order valence-electron chi connectivity index (χ0n) is 22.7. The fourth-order valence-corrected chi connectivity index (χ4v) is 4.78. The molecule has 1 rings (SSSR count). The third-order valence-electron chi connectivity index (χ3n) is 7.34. The van der Waals surface area contributed by atoms with Crippen LogP contribution >= 0.6 is 0 Å². The van der Waals surface area contributed by atoms with E-state index in [0.717, 1.165) is 58.6 Å². The molecule has 0 saturated carbocycles. The lowest BCUT2D eigenvalue weighted by Gasteiger charge is -2.18. The highest BCUT2D eigenvalue weighted by Crippen LogP contribution is 2.37. The van der Waals surface area contributed by atoms with Crippen LogP contribution in [0.4, 0.5) is 0 Å². The Balaban J connectivity index is 2.40. The summed E-state index contributed by atoms with van der Waals surface area (Å²) in [5.74, 6) is 3.89. The number of rotatable bonds is 15. The van der Waals surface area contributed by atoms with Crippen molar-refractivity contribution in [3.8, 4) is 11.5 Å². The Morgan fingerprint density at radius 1 is 0.812 bits per heavy atom. The average molecular weight is 445 g/mol. The molecule has 0 aliphatic heterocycles. The van der Waals surface area contributed by atoms with Gasteiger partial charge in [-0.25, -0.2) is 0 Å². The zero-order chi connectivity index (χ0) is 24.3. The Kier molecular flexibility index (Phi) is 13.1. The summed E-state index contributed by atoms with van der Waals surface area (Å²) in [4.78, 5) is 0. The van der Waals surface area contributed by atoms with Crippen LogP contribution in [-0.2, 0) is 6.42 Å². The van der Waals surface area contributed by atoms with Crippen molar-refractivity contribution in [1.29, 1.82) is 0 Å². The van der Waals surface area contributed by atoms with Crippen LogP contribution in [0.3, 0.4) is 0 Å². The summed E-state index contributed by atoms with van der Waals surface area (Å²) in [5, 5.41) is 10.4. The van der Waals surface area contributed by atoms with E-state index in [4.69, 9.17) is 4.74 Å². The maximum absolute atomic E-state index is 10.4. The number of aromatic hydroxyl groups is 1. The Morgan fingerprint density at radius 2 is 1.34 bits per heavy atom. The van der Waals surface area contributed by atoms with Crippen LogP contribution in [0.1, 0.15) is 115 Å². The summed E-state index contributed by atoms with van der Waals surface area (Å²) >= 11 is 0. The van der Waals surface area contributed by atoms with Crippen LogP contribution in [-0.4, -0.2) is 12.2 Å². The van der Waals surface area contributed by atoms with Gasteiger partial charge >= 0.3 is 0 Å². The van der Waals surface area contributed by atoms with Gasteiger partial charge in [-0.2, -0.15) is 0 Å². The van der Waals surface area contributed by atoms with Gasteiger partial charge in [0.25, 0.3) is 0 Å². The summed E-state index contributed by atoms with van der Waals surface area (Å²) < 4.78 is 5.68. The van der Waals surface area contributed by atoms with Gasteiger partial charge < -0.3 is 9.84 Å². The van der Waals surface area contributed by atoms with Gasteiger partial charge in [0.2, 0.25) is 0 Å². The SMILES string of the molecule is COc1c(C)c(C)c(O)c(C)c1CC=C(C)CCCC(C)CCCC(C)CCCC(C)C. The van der Waals surface area contributed by atoms with Crippen LogP contribution in [0.2, 0.25) is 0 Å². The Morgan fingerprint density at radius 3 is 1.88 bits per heavy atom. The quantitative estimate of drug-likeness (QED) is 0.273. The first-order valence-electron chi connectivity index (χ1n) is 13.1. The number of hydrogen-bond acceptors (Lipinski definition) is 2. The van der Waals surface area contributed by atoms with Crippen LogP contribution in [0, 0.1) is 38.5 Å². The number of phenolic OH excluding ortho intramolecular Hbond substituents is 1. The van der Waals surface area contributed by atoms with E-state index in [9.17, 15) is 5.11 Å². The lowest BCUT2D eigenvalue weighted by atomic mass is 9.91. The molecular weight excluding hydrogens is 392 g/mol. The molecule has 0 radical (unpaired) electrons. The topological polar surface area (TPSA) is 29.5 Å². The fourth-order valence-electron chi connectivity index (χ4n) is 4.78. The number of allylic oxidation sites excluding steroid dienone is 2. The molecule has 2 unspecified atom stereocenters. The summed E-state index contributed by atoms with van der Waals surface area (Å²) in [6.45, 7) is 17.7. The summed E-state index contributed by atoms with van der Waals surface area (Å²) in [5.41, 5.74) is 5.46. The van der Waals surface area contributed by atoms with Crippen LogP contribution < -0.4 is 4.74 Å². The monoisotopic (exact) mass is 444 g/mol. The normalized spacial score (nSPS) is 14.1. The zero-order valence-corrected chi connectivity index (χ0v) is 22.7. The minimum atomic E-state index is 0.410. The summed E-state index contributed by atoms with van der Waals surface area (Å²) in [7, 11) is 1.73. The molecule has 32 heavy (non-hydrogen) atoms. The second-order valence-electron chi connectivity index (χ2n) is 10.8. The molecular formula is C30H52O2. The number of hydrogen-bond donors (Lipinski definition) is 1. The molecule has 0 fully saturated rings. The van der Waals surface area contributed by atoms with Crippen molar-refractivity contribution < 1.29 is 9.84 Å². The second-order valence-corrected chi connectivity index (χ2v) is 10.8. The highest BCUT2D eigenvalue weighted by Gasteiger charge is 2.16. The number of phenols is 1. The van der Waals surface area contributed by atoms with Crippen molar-refractivity contribution in [3.05, 3.63) is 33.9 Å². The largest absolute Gasteiger partial charge is 0.507 e. The maximum atomic E-state index is 10.4. The van der Waals surface area contributed by atoms with Crippen molar-refractivity contribution in [2.45, 2.75) is 120 Å². The predicted molar refractivity (Wildman–Crippen MR) is 141 cm³/mol. The third-order valence-corrected chi connectivity index (χ3v) is 7.34. The molecule has 1 aromatic carbocycles. The van der Waals surface area contributed by atoms with Crippen molar-refractivity contribution in [1.82, 2.24) is 0 Å².